The van der Waals surface area contributed by atoms with Crippen LogP contribution in [-0.2, 0) is 5.41 Å². The van der Waals surface area contributed by atoms with Crippen molar-refractivity contribution in [2.45, 2.75) is 5.41 Å². The Kier molecular flexibility index (Phi) is 3.38. The van der Waals surface area contributed by atoms with Crippen LogP contribution in [0.15, 0.2) is 260 Å². The van der Waals surface area contributed by atoms with Gasteiger partial charge in [-0.3, -0.25) is 0 Å². The topological polar surface area (TPSA) is 3.24 Å². The van der Waals surface area contributed by atoms with E-state index >= 15 is 0 Å². The summed E-state index contributed by atoms with van der Waals surface area (Å²) in [5, 5.41) is -4.17. The summed E-state index contributed by atoms with van der Waals surface area (Å²) in [5.41, 5.74) is -22.0. The lowest BCUT2D eigenvalue weighted by Crippen LogP contribution is -2.28. The summed E-state index contributed by atoms with van der Waals surface area (Å²) in [5.74, 6) is 0. The lowest BCUT2D eigenvalue weighted by Gasteiger charge is -2.35. The predicted molar refractivity (Wildman–Crippen MR) is 270 cm³/mol. The molecule has 1 nitrogen and oxygen atoms in total. The molecule has 0 saturated carbocycles. The minimum atomic E-state index is -3.67. The van der Waals surface area contributed by atoms with Gasteiger partial charge in [0.2, 0.25) is 0 Å². The Labute approximate surface area is 435 Å². The van der Waals surface area contributed by atoms with E-state index in [-0.39, 0.29) is 4.90 Å². The number of anilines is 3. The molecular formula is C63H43N. The lowest BCUT2D eigenvalue weighted by molar-refractivity contribution is 0.768. The highest BCUT2D eigenvalue weighted by molar-refractivity contribution is 6.06. The van der Waals surface area contributed by atoms with E-state index in [4.69, 9.17) is 27.4 Å². The van der Waals surface area contributed by atoms with Gasteiger partial charge in [-0.1, -0.05) is 230 Å². The average molecular weight is 857 g/mol. The van der Waals surface area contributed by atoms with E-state index in [0.29, 0.717) is 0 Å². The largest absolute Gasteiger partial charge is 0.310 e. The van der Waals surface area contributed by atoms with Crippen LogP contribution in [0.3, 0.4) is 0 Å². The maximum Gasteiger partial charge on any atom is 0.0714 e. The summed E-state index contributed by atoms with van der Waals surface area (Å²) >= 11 is 0. The number of rotatable bonds is 8. The average Bonchev–Trinajstić information content (AvgIpc) is 1.51. The molecule has 0 radical (unpaired) electrons. The van der Waals surface area contributed by atoms with Crippen LogP contribution in [0.25, 0.3) is 66.1 Å². The SMILES string of the molecule is [2H]c1c([2H])c([2H])c(-c2c([2H])c([2H])c(-c3c([2H])c([2H])c(-c4c(N(c5c([2H])c([2H])c6c(c5[2H])C(c5c([2H])c([2H])c([2H])c([2H])c5[2H])(c5c([2H])c([2H])c([2H])c([2H])c5[2H])c5c([2H])c([2H])c([2H])c([2H])c5-6)c5c([2H])c([2H])c6c([2H])c([2H])c([2H])c([2H])c6c5[2H])c([2H])c([2H])c5c([2H])c([2H])c([2H])c([2H])c45)c([2H])c3[2H])c([2H])c2[2H])c([2H])c1[2H]. The first-order valence-electron chi connectivity index (χ1n) is 40.2. The van der Waals surface area contributed by atoms with Crippen molar-refractivity contribution in [2.75, 3.05) is 4.90 Å². The summed E-state index contributed by atoms with van der Waals surface area (Å²) < 4.78 is 403. The van der Waals surface area contributed by atoms with E-state index in [0.717, 1.165) is 0 Å². The number of hydrogen-bond donors (Lipinski definition) is 0. The van der Waals surface area contributed by atoms with Gasteiger partial charge in [-0.15, -0.1) is 0 Å². The standard InChI is InChI=1S/C63H43N/c1-4-16-44(17-5-1)46-28-30-47(31-29-46)48-32-34-50(35-33-48)62-56-25-13-12-19-49(56)37-41-61(62)64(54-38-36-45-18-10-11-20-51(45)42-54)55-39-40-58-57-26-14-15-27-59(57)63(60(58)43-55,52-21-6-2-7-22-52)53-23-8-3-9-24-53/h1-43H/i1D,2D,3D,4D,5D,6D,7D,8D,9D,10D,11D,12D,13D,14D,15D,16D,17D,18D,19D,20D,21D,22D,23D,24D,25D,26D,27D,28D,29D,30D,31D,32D,33D,34D,35D,36D,37D,38D,39D,40D,41D,42D,43D. The molecule has 0 unspecified atom stereocenters. The van der Waals surface area contributed by atoms with Crippen LogP contribution in [0.4, 0.5) is 17.1 Å². The number of nitrogens with zero attached hydrogens (tertiary/aromatic N) is 1. The highest BCUT2D eigenvalue weighted by Crippen LogP contribution is 2.57. The van der Waals surface area contributed by atoms with Gasteiger partial charge in [-0.2, -0.15) is 0 Å². The van der Waals surface area contributed by atoms with Crippen LogP contribution < -0.4 is 4.90 Å². The summed E-state index contributed by atoms with van der Waals surface area (Å²) in [4.78, 5) is 0.135. The molecule has 1 aliphatic carbocycles. The van der Waals surface area contributed by atoms with Crippen molar-refractivity contribution < 1.29 is 58.9 Å². The Bertz CT molecular complexity index is 5850. The molecular weight excluding hydrogens is 771 g/mol. The van der Waals surface area contributed by atoms with Gasteiger partial charge in [-0.05, 0) is 113 Å². The minimum absolute atomic E-state index is 0.135. The monoisotopic (exact) mass is 857 g/mol. The molecule has 1 aliphatic rings. The molecule has 0 aromatic heterocycles. The molecule has 0 spiro atoms. The quantitative estimate of drug-likeness (QED) is 0.147. The van der Waals surface area contributed by atoms with Gasteiger partial charge in [-0.25, -0.2) is 0 Å². The van der Waals surface area contributed by atoms with Crippen LogP contribution in [0.1, 0.15) is 81.2 Å². The third-order valence-electron chi connectivity index (χ3n) is 10.1. The maximum atomic E-state index is 11.0. The molecule has 300 valence electrons. The first kappa shape index (κ1) is 13.9. The van der Waals surface area contributed by atoms with Gasteiger partial charge in [0.25, 0.3) is 0 Å². The van der Waals surface area contributed by atoms with E-state index in [1.807, 2.05) is 0 Å². The van der Waals surface area contributed by atoms with Gasteiger partial charge in [0.05, 0.1) is 70.0 Å². The van der Waals surface area contributed by atoms with E-state index in [2.05, 4.69) is 0 Å². The second-order valence-electron chi connectivity index (χ2n) is 13.5. The first-order chi connectivity index (χ1) is 49.6. The Morgan fingerprint density at radius 1 is 0.312 bits per heavy atom. The molecule has 64 heavy (non-hydrogen) atoms. The zero-order valence-corrected chi connectivity index (χ0v) is 31.9. The van der Waals surface area contributed by atoms with E-state index in [1.54, 1.807) is 0 Å². The Hall–Kier alpha value is -8.26. The Balaban J connectivity index is 1.39. The Morgan fingerprint density at radius 3 is 1.45 bits per heavy atom. The number of benzene rings is 11. The van der Waals surface area contributed by atoms with Crippen LogP contribution in [0.5, 0.6) is 0 Å². The molecule has 11 aromatic rings. The molecule has 0 heterocycles. The molecule has 0 saturated heterocycles. The molecule has 0 N–H and O–H groups in total. The minimum Gasteiger partial charge on any atom is -0.310 e. The summed E-state index contributed by atoms with van der Waals surface area (Å²) in [6.45, 7) is 0. The third-order valence-corrected chi connectivity index (χ3v) is 10.1. The molecule has 1 heteroatoms. The summed E-state index contributed by atoms with van der Waals surface area (Å²) in [7, 11) is 0. The second kappa shape index (κ2) is 15.6. The fourth-order valence-corrected chi connectivity index (χ4v) is 7.41. The summed E-state index contributed by atoms with van der Waals surface area (Å²) in [6.07, 6.45) is 0. The number of fused-ring (bicyclic) bond motifs is 5. The number of hydrogen-bond acceptors (Lipinski definition) is 1. The van der Waals surface area contributed by atoms with Gasteiger partial charge in [0.15, 0.2) is 0 Å². The highest BCUT2D eigenvalue weighted by atomic mass is 15.1. The maximum absolute atomic E-state index is 11.0. The van der Waals surface area contributed by atoms with Crippen molar-refractivity contribution >= 4 is 38.6 Å². The summed E-state index contributed by atoms with van der Waals surface area (Å²) in [6, 6.07) is -55.0. The highest BCUT2D eigenvalue weighted by Gasteiger charge is 2.46. The molecule has 0 aliphatic heterocycles. The van der Waals surface area contributed by atoms with E-state index in [1.165, 1.54) is 0 Å². The van der Waals surface area contributed by atoms with Crippen molar-refractivity contribution in [1.29, 1.82) is 0 Å². The van der Waals surface area contributed by atoms with Gasteiger partial charge in [0.1, 0.15) is 0 Å². The zero-order chi connectivity index (χ0) is 79.9. The first-order valence-corrected chi connectivity index (χ1v) is 18.7. The molecule has 12 rings (SSSR count). The molecule has 11 aromatic carbocycles. The second-order valence-corrected chi connectivity index (χ2v) is 13.5. The molecule has 0 amide bonds. The van der Waals surface area contributed by atoms with Crippen molar-refractivity contribution in [2.24, 2.45) is 0 Å². The van der Waals surface area contributed by atoms with E-state index in [9.17, 15) is 31.5 Å². The predicted octanol–water partition coefficient (Wildman–Crippen LogP) is 16.8. The van der Waals surface area contributed by atoms with Gasteiger partial charge in [0, 0.05) is 16.9 Å². The molecule has 0 bridgehead atoms. The van der Waals surface area contributed by atoms with Crippen molar-refractivity contribution in [3.63, 3.8) is 0 Å². The van der Waals surface area contributed by atoms with E-state index < -0.39 is 371 Å². The van der Waals surface area contributed by atoms with Crippen molar-refractivity contribution in [3.8, 4) is 44.5 Å². The Morgan fingerprint density at radius 2 is 0.781 bits per heavy atom. The lowest BCUT2D eigenvalue weighted by atomic mass is 9.67. The third kappa shape index (κ3) is 6.16. The molecule has 0 atom stereocenters. The fraction of sp³-hybridized carbons (Fsp3) is 0.0159. The fourth-order valence-electron chi connectivity index (χ4n) is 7.41. The smallest absolute Gasteiger partial charge is 0.0714 e. The van der Waals surface area contributed by atoms with Crippen molar-refractivity contribution in [3.05, 3.63) is 282 Å². The normalized spacial score (nSPS) is 21.9. The van der Waals surface area contributed by atoms with Gasteiger partial charge >= 0.3 is 0 Å². The van der Waals surface area contributed by atoms with Crippen LogP contribution in [-0.4, -0.2) is 0 Å². The molecule has 0 fully saturated rings. The zero-order valence-electron chi connectivity index (χ0n) is 74.9. The van der Waals surface area contributed by atoms with Crippen LogP contribution >= 0.6 is 0 Å². The van der Waals surface area contributed by atoms with Crippen LogP contribution in [0, 0.1) is 0 Å². The van der Waals surface area contributed by atoms with Gasteiger partial charge < -0.3 is 4.90 Å². The van der Waals surface area contributed by atoms with Crippen molar-refractivity contribution in [1.82, 2.24) is 0 Å². The van der Waals surface area contributed by atoms with Crippen LogP contribution in [0.2, 0.25) is 0 Å².